The predicted molar refractivity (Wildman–Crippen MR) is 67.6 cm³/mol. The Hall–Kier alpha value is -1.05. The minimum absolute atomic E-state index is 0.186. The fraction of sp³-hybridized carbons (Fsp3) is 0.583. The van der Waals surface area contributed by atoms with Crippen LogP contribution in [-0.4, -0.2) is 44.5 Å². The van der Waals surface area contributed by atoms with Crippen molar-refractivity contribution in [3.8, 4) is 0 Å². The van der Waals surface area contributed by atoms with Gasteiger partial charge in [-0.2, -0.15) is 4.31 Å². The largest absolute Gasteiger partial charge is 0.380 e. The van der Waals surface area contributed by atoms with Gasteiger partial charge < -0.3 is 4.74 Å². The quantitative estimate of drug-likeness (QED) is 0.709. The van der Waals surface area contributed by atoms with Crippen LogP contribution in [0.4, 0.5) is 4.39 Å². The summed E-state index contributed by atoms with van der Waals surface area (Å²) in [6, 6.07) is 2.43. The molecule has 0 bridgehead atoms. The molecular formula is C12H17FN2O3S. The van der Waals surface area contributed by atoms with E-state index in [1.54, 1.807) is 0 Å². The van der Waals surface area contributed by atoms with Gasteiger partial charge >= 0.3 is 0 Å². The van der Waals surface area contributed by atoms with Gasteiger partial charge in [-0.25, -0.2) is 17.8 Å². The van der Waals surface area contributed by atoms with E-state index < -0.39 is 20.9 Å². The highest BCUT2D eigenvalue weighted by molar-refractivity contribution is 7.89. The SMILES string of the molecule is CN(CCOCC1CC1)S(=O)(=O)c1ncccc1F. The van der Waals surface area contributed by atoms with Crippen LogP contribution in [0.25, 0.3) is 0 Å². The van der Waals surface area contributed by atoms with Gasteiger partial charge in [-0.05, 0) is 30.9 Å². The molecule has 7 heteroatoms. The van der Waals surface area contributed by atoms with Crippen LogP contribution in [0.3, 0.4) is 0 Å². The molecule has 1 aliphatic rings. The van der Waals surface area contributed by atoms with Gasteiger partial charge in [-0.1, -0.05) is 0 Å². The van der Waals surface area contributed by atoms with E-state index >= 15 is 0 Å². The zero-order valence-electron chi connectivity index (χ0n) is 10.8. The van der Waals surface area contributed by atoms with Crippen molar-refractivity contribution in [1.29, 1.82) is 0 Å². The van der Waals surface area contributed by atoms with Gasteiger partial charge in [0, 0.05) is 26.4 Å². The maximum atomic E-state index is 13.4. The first kappa shape index (κ1) is 14.4. The summed E-state index contributed by atoms with van der Waals surface area (Å²) in [4.78, 5) is 3.59. The second-order valence-corrected chi connectivity index (χ2v) is 6.60. The summed E-state index contributed by atoms with van der Waals surface area (Å²) < 4.78 is 44.0. The van der Waals surface area contributed by atoms with Crippen molar-refractivity contribution in [2.75, 3.05) is 26.8 Å². The van der Waals surface area contributed by atoms with E-state index in [0.29, 0.717) is 19.1 Å². The molecular weight excluding hydrogens is 271 g/mol. The van der Waals surface area contributed by atoms with E-state index in [2.05, 4.69) is 4.98 Å². The Balaban J connectivity index is 1.92. The molecule has 0 saturated heterocycles. The van der Waals surface area contributed by atoms with E-state index in [1.165, 1.54) is 32.2 Å². The number of hydrogen-bond acceptors (Lipinski definition) is 4. The van der Waals surface area contributed by atoms with Crippen LogP contribution in [0.5, 0.6) is 0 Å². The van der Waals surface area contributed by atoms with Gasteiger partial charge in [0.05, 0.1) is 6.61 Å². The van der Waals surface area contributed by atoms with Gasteiger partial charge in [0.25, 0.3) is 10.0 Å². The minimum atomic E-state index is -3.89. The Morgan fingerprint density at radius 3 is 2.89 bits per heavy atom. The molecule has 1 aromatic heterocycles. The Bertz CT molecular complexity index is 532. The topological polar surface area (TPSA) is 59.5 Å². The first-order valence-electron chi connectivity index (χ1n) is 6.16. The molecule has 1 saturated carbocycles. The number of likely N-dealkylation sites (N-methyl/N-ethyl adjacent to an activating group) is 1. The molecule has 0 spiro atoms. The maximum Gasteiger partial charge on any atom is 0.263 e. The lowest BCUT2D eigenvalue weighted by Gasteiger charge is -2.16. The van der Waals surface area contributed by atoms with Gasteiger partial charge in [-0.15, -0.1) is 0 Å². The molecule has 1 heterocycles. The Kier molecular flexibility index (Phi) is 4.49. The average molecular weight is 288 g/mol. The van der Waals surface area contributed by atoms with Crippen LogP contribution >= 0.6 is 0 Å². The van der Waals surface area contributed by atoms with E-state index in [0.717, 1.165) is 10.4 Å². The highest BCUT2D eigenvalue weighted by Gasteiger charge is 2.26. The number of ether oxygens (including phenoxy) is 1. The molecule has 0 aromatic carbocycles. The van der Waals surface area contributed by atoms with Crippen LogP contribution in [0.15, 0.2) is 23.4 Å². The van der Waals surface area contributed by atoms with Crippen LogP contribution in [0.1, 0.15) is 12.8 Å². The molecule has 0 atom stereocenters. The van der Waals surface area contributed by atoms with Crippen LogP contribution < -0.4 is 0 Å². The lowest BCUT2D eigenvalue weighted by molar-refractivity contribution is 0.117. The summed E-state index contributed by atoms with van der Waals surface area (Å²) in [5.41, 5.74) is 0. The lowest BCUT2D eigenvalue weighted by Crippen LogP contribution is -2.31. The summed E-state index contributed by atoms with van der Waals surface area (Å²) in [6.07, 6.45) is 3.63. The summed E-state index contributed by atoms with van der Waals surface area (Å²) >= 11 is 0. The molecule has 0 radical (unpaired) electrons. The summed E-state index contributed by atoms with van der Waals surface area (Å²) in [5.74, 6) is -0.205. The third-order valence-electron chi connectivity index (χ3n) is 2.98. The average Bonchev–Trinajstić information content (AvgIpc) is 3.18. The number of nitrogens with zero attached hydrogens (tertiary/aromatic N) is 2. The smallest absolute Gasteiger partial charge is 0.263 e. The normalized spacial score (nSPS) is 15.9. The van der Waals surface area contributed by atoms with Crippen molar-refractivity contribution in [2.24, 2.45) is 5.92 Å². The third-order valence-corrected chi connectivity index (χ3v) is 4.77. The number of rotatable bonds is 7. The van der Waals surface area contributed by atoms with Crippen LogP contribution in [0.2, 0.25) is 0 Å². The second-order valence-electron chi connectivity index (χ2n) is 4.64. The first-order chi connectivity index (χ1) is 9.01. The Morgan fingerprint density at radius 2 is 2.26 bits per heavy atom. The van der Waals surface area contributed by atoms with Crippen molar-refractivity contribution in [2.45, 2.75) is 17.9 Å². The van der Waals surface area contributed by atoms with Crippen molar-refractivity contribution in [3.05, 3.63) is 24.1 Å². The fourth-order valence-corrected chi connectivity index (χ4v) is 2.68. The minimum Gasteiger partial charge on any atom is -0.380 e. The van der Waals surface area contributed by atoms with Crippen LogP contribution in [0, 0.1) is 11.7 Å². The van der Waals surface area contributed by atoms with Crippen molar-refractivity contribution in [3.63, 3.8) is 0 Å². The zero-order chi connectivity index (χ0) is 13.9. The Morgan fingerprint density at radius 1 is 1.53 bits per heavy atom. The summed E-state index contributed by atoms with van der Waals surface area (Å²) in [6.45, 7) is 1.16. The molecule has 106 valence electrons. The monoisotopic (exact) mass is 288 g/mol. The molecule has 5 nitrogen and oxygen atoms in total. The number of hydrogen-bond donors (Lipinski definition) is 0. The fourth-order valence-electron chi connectivity index (χ4n) is 1.56. The van der Waals surface area contributed by atoms with Gasteiger partial charge in [-0.3, -0.25) is 0 Å². The van der Waals surface area contributed by atoms with Crippen LogP contribution in [-0.2, 0) is 14.8 Å². The highest BCUT2D eigenvalue weighted by atomic mass is 32.2. The van der Waals surface area contributed by atoms with Crippen molar-refractivity contribution >= 4 is 10.0 Å². The molecule has 1 aromatic rings. The molecule has 19 heavy (non-hydrogen) atoms. The second kappa shape index (κ2) is 5.94. The summed E-state index contributed by atoms with van der Waals surface area (Å²) in [5, 5.41) is -0.542. The standard InChI is InChI=1S/C12H17FN2O3S/c1-15(7-8-18-9-10-4-5-10)19(16,17)12-11(13)3-2-6-14-12/h2-3,6,10H,4-5,7-9H2,1H3. The van der Waals surface area contributed by atoms with Gasteiger partial charge in [0.2, 0.25) is 5.03 Å². The predicted octanol–water partition coefficient (Wildman–Crippen LogP) is 1.27. The van der Waals surface area contributed by atoms with Gasteiger partial charge in [0.1, 0.15) is 0 Å². The molecule has 0 unspecified atom stereocenters. The van der Waals surface area contributed by atoms with E-state index in [4.69, 9.17) is 4.74 Å². The molecule has 1 fully saturated rings. The maximum absolute atomic E-state index is 13.4. The number of halogens is 1. The Labute approximate surface area is 112 Å². The molecule has 0 amide bonds. The first-order valence-corrected chi connectivity index (χ1v) is 7.60. The number of pyridine rings is 1. The lowest BCUT2D eigenvalue weighted by atomic mass is 10.5. The summed E-state index contributed by atoms with van der Waals surface area (Å²) in [7, 11) is -2.49. The third kappa shape index (κ3) is 3.71. The molecule has 1 aliphatic carbocycles. The van der Waals surface area contributed by atoms with E-state index in [-0.39, 0.29) is 6.54 Å². The van der Waals surface area contributed by atoms with Gasteiger partial charge in [0.15, 0.2) is 5.82 Å². The number of aromatic nitrogens is 1. The van der Waals surface area contributed by atoms with E-state index in [9.17, 15) is 12.8 Å². The highest BCUT2D eigenvalue weighted by Crippen LogP contribution is 2.28. The molecule has 0 aliphatic heterocycles. The zero-order valence-corrected chi connectivity index (χ0v) is 11.6. The van der Waals surface area contributed by atoms with E-state index in [1.807, 2.05) is 0 Å². The molecule has 0 N–H and O–H groups in total. The van der Waals surface area contributed by atoms with Crippen molar-refractivity contribution in [1.82, 2.24) is 9.29 Å². The number of sulfonamides is 1. The van der Waals surface area contributed by atoms with Crippen molar-refractivity contribution < 1.29 is 17.5 Å². The molecule has 2 rings (SSSR count).